The Kier molecular flexibility index (Phi) is 3.17. The van der Waals surface area contributed by atoms with E-state index in [4.69, 9.17) is 0 Å². The summed E-state index contributed by atoms with van der Waals surface area (Å²) < 4.78 is 24.8. The zero-order valence-corrected chi connectivity index (χ0v) is 9.11. The van der Waals surface area contributed by atoms with Gasteiger partial charge in [-0.3, -0.25) is 0 Å². The zero-order valence-electron chi connectivity index (χ0n) is 8.29. The second-order valence-electron chi connectivity index (χ2n) is 3.55. The molecule has 2 nitrogen and oxygen atoms in total. The fourth-order valence-electron chi connectivity index (χ4n) is 0.721. The fraction of sp³-hybridized carbons (Fsp3) is 0.444. The van der Waals surface area contributed by atoms with E-state index in [2.05, 4.69) is 16.3 Å². The molecule has 5 heteroatoms. The largest absolute Gasteiger partial charge is 0.333 e. The summed E-state index contributed by atoms with van der Waals surface area (Å²) in [6.45, 7) is -2.59. The maximum absolute atomic E-state index is 12.1. The maximum Gasteiger partial charge on any atom is 0.333 e. The Balaban J connectivity index is 2.82. The lowest BCUT2D eigenvalue weighted by Crippen LogP contribution is -1.96. The number of alkyl halides is 2. The third kappa shape index (κ3) is 3.38. The van der Waals surface area contributed by atoms with Crippen LogP contribution in [0.4, 0.5) is 8.78 Å². The van der Waals surface area contributed by atoms with Gasteiger partial charge in [-0.25, -0.2) is 4.68 Å². The molecule has 0 aromatic carbocycles. The van der Waals surface area contributed by atoms with Gasteiger partial charge in [0, 0.05) is 6.20 Å². The van der Waals surface area contributed by atoms with Crippen LogP contribution in [0.25, 0.3) is 0 Å². The zero-order chi connectivity index (χ0) is 10.8. The first-order valence-corrected chi connectivity index (χ1v) is 6.77. The van der Waals surface area contributed by atoms with Crippen LogP contribution in [-0.4, -0.2) is 28.5 Å². The highest BCUT2D eigenvalue weighted by atomic mass is 32.3. The van der Waals surface area contributed by atoms with Crippen LogP contribution in [0.3, 0.4) is 0 Å². The molecule has 1 aromatic heterocycles. The third-order valence-electron chi connectivity index (χ3n) is 1.30. The van der Waals surface area contributed by atoms with Gasteiger partial charge in [0.15, 0.2) is 0 Å². The predicted octanol–water partition coefficient (Wildman–Crippen LogP) is 2.28. The van der Waals surface area contributed by atoms with Gasteiger partial charge in [0.2, 0.25) is 0 Å². The van der Waals surface area contributed by atoms with Crippen molar-refractivity contribution in [3.63, 3.8) is 0 Å². The lowest BCUT2D eigenvalue weighted by molar-refractivity contribution is 0.0566. The molecule has 0 aliphatic rings. The van der Waals surface area contributed by atoms with Crippen LogP contribution in [-0.2, 0) is 0 Å². The van der Waals surface area contributed by atoms with E-state index in [1.165, 1.54) is 12.4 Å². The second kappa shape index (κ2) is 4.01. The molecule has 0 saturated heterocycles. The van der Waals surface area contributed by atoms with Gasteiger partial charge in [-0.1, -0.05) is 5.92 Å². The SMILES string of the molecule is CS(C)(C)C#Cc1cnn(C(F)F)c1. The van der Waals surface area contributed by atoms with Crippen molar-refractivity contribution in [1.82, 2.24) is 9.78 Å². The Labute approximate surface area is 83.6 Å². The molecule has 0 unspecified atom stereocenters. The monoisotopic (exact) mass is 218 g/mol. The molecule has 14 heavy (non-hydrogen) atoms. The number of rotatable bonds is 1. The molecular weight excluding hydrogens is 206 g/mol. The Morgan fingerprint density at radius 2 is 2.07 bits per heavy atom. The standard InChI is InChI=1S/C9H12F2N2S/c1-14(2,3)5-4-8-6-12-13(7-8)9(10)11/h6-7,9H,1-3H3. The number of hydrogen-bond donors (Lipinski definition) is 0. The number of aromatic nitrogens is 2. The van der Waals surface area contributed by atoms with Crippen LogP contribution in [0.2, 0.25) is 0 Å². The van der Waals surface area contributed by atoms with Crippen molar-refractivity contribution in [1.29, 1.82) is 0 Å². The summed E-state index contributed by atoms with van der Waals surface area (Å²) in [7, 11) is -0.919. The molecule has 0 amide bonds. The molecule has 0 N–H and O–H groups in total. The Morgan fingerprint density at radius 1 is 1.43 bits per heavy atom. The molecular formula is C9H12F2N2S. The highest BCUT2D eigenvalue weighted by molar-refractivity contribution is 8.35. The first-order valence-electron chi connectivity index (χ1n) is 3.92. The quantitative estimate of drug-likeness (QED) is 0.661. The van der Waals surface area contributed by atoms with Crippen LogP contribution < -0.4 is 0 Å². The van der Waals surface area contributed by atoms with Gasteiger partial charge in [-0.05, 0) is 24.0 Å². The molecule has 1 aromatic rings. The predicted molar refractivity (Wildman–Crippen MR) is 55.7 cm³/mol. The molecule has 0 aliphatic carbocycles. The van der Waals surface area contributed by atoms with Gasteiger partial charge in [0.05, 0.1) is 11.8 Å². The third-order valence-corrected chi connectivity index (χ3v) is 2.02. The number of halogens is 2. The van der Waals surface area contributed by atoms with Crippen molar-refractivity contribution in [3.05, 3.63) is 18.0 Å². The molecule has 0 spiro atoms. The van der Waals surface area contributed by atoms with Crippen molar-refractivity contribution in [2.24, 2.45) is 0 Å². The van der Waals surface area contributed by atoms with E-state index in [-0.39, 0.29) is 0 Å². The van der Waals surface area contributed by atoms with E-state index >= 15 is 0 Å². The van der Waals surface area contributed by atoms with Crippen molar-refractivity contribution in [2.45, 2.75) is 6.55 Å². The minimum Gasteiger partial charge on any atom is -0.210 e. The summed E-state index contributed by atoms with van der Waals surface area (Å²) >= 11 is 0. The van der Waals surface area contributed by atoms with E-state index in [1.807, 2.05) is 18.8 Å². The molecule has 0 fully saturated rings. The Bertz CT molecular complexity index is 368. The van der Waals surface area contributed by atoms with Gasteiger partial charge in [0.1, 0.15) is 0 Å². The maximum atomic E-state index is 12.1. The minimum absolute atomic E-state index is 0.535. The van der Waals surface area contributed by atoms with E-state index in [0.717, 1.165) is 0 Å². The van der Waals surface area contributed by atoms with Crippen LogP contribution in [0.5, 0.6) is 0 Å². The van der Waals surface area contributed by atoms with Gasteiger partial charge in [0.25, 0.3) is 0 Å². The van der Waals surface area contributed by atoms with Crippen molar-refractivity contribution < 1.29 is 8.78 Å². The van der Waals surface area contributed by atoms with Crippen molar-refractivity contribution in [2.75, 3.05) is 18.8 Å². The van der Waals surface area contributed by atoms with Gasteiger partial charge < -0.3 is 0 Å². The van der Waals surface area contributed by atoms with Gasteiger partial charge >= 0.3 is 6.55 Å². The molecule has 0 atom stereocenters. The Hall–Kier alpha value is -1.02. The molecule has 1 heterocycles. The van der Waals surface area contributed by atoms with Gasteiger partial charge in [-0.15, -0.1) is 0 Å². The fourth-order valence-corrected chi connectivity index (χ4v) is 1.15. The average Bonchev–Trinajstić information content (AvgIpc) is 2.47. The normalized spacial score (nSPS) is 12.4. The molecule has 0 bridgehead atoms. The first-order chi connectivity index (χ1) is 6.38. The topological polar surface area (TPSA) is 17.8 Å². The van der Waals surface area contributed by atoms with Crippen molar-refractivity contribution >= 4 is 10.0 Å². The Morgan fingerprint density at radius 3 is 2.50 bits per heavy atom. The lowest BCUT2D eigenvalue weighted by Gasteiger charge is -2.14. The summed E-state index contributed by atoms with van der Waals surface area (Å²) in [4.78, 5) is 0. The number of nitrogens with zero attached hydrogens (tertiary/aromatic N) is 2. The summed E-state index contributed by atoms with van der Waals surface area (Å²) in [5.41, 5.74) is 0.535. The molecule has 1 rings (SSSR count). The second-order valence-corrected chi connectivity index (χ2v) is 7.43. The van der Waals surface area contributed by atoms with E-state index in [0.29, 0.717) is 10.2 Å². The van der Waals surface area contributed by atoms with Gasteiger partial charge in [-0.2, -0.15) is 23.9 Å². The molecule has 0 aliphatic heterocycles. The summed E-state index contributed by atoms with van der Waals surface area (Å²) in [5.74, 6) is 2.83. The first kappa shape index (κ1) is 11.1. The summed E-state index contributed by atoms with van der Waals surface area (Å²) in [6, 6.07) is 0. The number of hydrogen-bond acceptors (Lipinski definition) is 1. The van der Waals surface area contributed by atoms with E-state index in [1.54, 1.807) is 0 Å². The summed E-state index contributed by atoms with van der Waals surface area (Å²) in [5, 5.41) is 6.52. The molecule has 0 saturated carbocycles. The van der Waals surface area contributed by atoms with Crippen molar-refractivity contribution in [3.8, 4) is 11.2 Å². The van der Waals surface area contributed by atoms with Crippen LogP contribution >= 0.6 is 10.0 Å². The van der Waals surface area contributed by atoms with E-state index in [9.17, 15) is 8.78 Å². The molecule has 0 radical (unpaired) electrons. The van der Waals surface area contributed by atoms with E-state index < -0.39 is 16.6 Å². The van der Waals surface area contributed by atoms with Crippen LogP contribution in [0.1, 0.15) is 12.1 Å². The lowest BCUT2D eigenvalue weighted by atomic mass is 10.4. The van der Waals surface area contributed by atoms with Crippen LogP contribution in [0.15, 0.2) is 12.4 Å². The highest BCUT2D eigenvalue weighted by Gasteiger charge is 2.05. The van der Waals surface area contributed by atoms with Crippen LogP contribution in [0, 0.1) is 11.2 Å². The average molecular weight is 218 g/mol. The molecule has 78 valence electrons. The minimum atomic E-state index is -2.59. The smallest absolute Gasteiger partial charge is 0.210 e. The summed E-state index contributed by atoms with van der Waals surface area (Å²) in [6.07, 6.45) is 8.72. The highest BCUT2D eigenvalue weighted by Crippen LogP contribution is 2.32.